The van der Waals surface area contributed by atoms with Crippen molar-refractivity contribution in [1.29, 1.82) is 0 Å². The van der Waals surface area contributed by atoms with Gasteiger partial charge in [0.25, 0.3) is 0 Å². The van der Waals surface area contributed by atoms with Crippen molar-refractivity contribution in [2.75, 3.05) is 0 Å². The number of pyridine rings is 1. The van der Waals surface area contributed by atoms with E-state index in [-0.39, 0.29) is 5.91 Å². The lowest BCUT2D eigenvalue weighted by Gasteiger charge is -2.22. The highest BCUT2D eigenvalue weighted by molar-refractivity contribution is 5.97. The molecule has 1 amide bonds. The molecule has 0 aliphatic heterocycles. The maximum Gasteiger partial charge on any atom is 0.247 e. The van der Waals surface area contributed by atoms with Crippen molar-refractivity contribution in [2.45, 2.75) is 45.1 Å². The monoisotopic (exact) mass is 336 g/mol. The number of ether oxygens (including phenoxy) is 1. The van der Waals surface area contributed by atoms with Crippen LogP contribution in [0.2, 0.25) is 0 Å². The van der Waals surface area contributed by atoms with Crippen LogP contribution < -0.4 is 10.1 Å². The summed E-state index contributed by atoms with van der Waals surface area (Å²) in [4.78, 5) is 16.3. The average molecular weight is 336 g/mol. The number of amides is 1. The van der Waals surface area contributed by atoms with E-state index in [0.29, 0.717) is 11.8 Å². The van der Waals surface area contributed by atoms with Gasteiger partial charge < -0.3 is 10.1 Å². The van der Waals surface area contributed by atoms with Crippen LogP contribution in [-0.2, 0) is 4.79 Å². The van der Waals surface area contributed by atoms with E-state index >= 15 is 0 Å². The molecule has 1 N–H and O–H groups in total. The number of hydrogen-bond donors (Lipinski definition) is 1. The Morgan fingerprint density at radius 2 is 1.88 bits per heavy atom. The molecule has 25 heavy (non-hydrogen) atoms. The molecule has 1 fully saturated rings. The van der Waals surface area contributed by atoms with Crippen molar-refractivity contribution >= 4 is 12.0 Å². The normalized spacial score (nSPS) is 15.6. The van der Waals surface area contributed by atoms with Gasteiger partial charge in [0.05, 0.1) is 6.20 Å². The third-order valence-corrected chi connectivity index (χ3v) is 4.43. The molecule has 4 heteroatoms. The van der Waals surface area contributed by atoms with Crippen LogP contribution in [0.3, 0.4) is 0 Å². The summed E-state index contributed by atoms with van der Waals surface area (Å²) in [5.74, 6) is 1.48. The number of nitrogens with zero attached hydrogens (tertiary/aromatic N) is 1. The van der Waals surface area contributed by atoms with Crippen molar-refractivity contribution in [3.05, 3.63) is 59.9 Å². The Labute approximate surface area is 148 Å². The number of aromatic nitrogens is 1. The molecule has 0 bridgehead atoms. The second-order valence-corrected chi connectivity index (χ2v) is 6.50. The maximum atomic E-state index is 12.3. The zero-order chi connectivity index (χ0) is 17.5. The molecule has 4 nitrogen and oxygen atoms in total. The maximum absolute atomic E-state index is 12.3. The Morgan fingerprint density at radius 1 is 1.12 bits per heavy atom. The second-order valence-electron chi connectivity index (χ2n) is 6.50. The molecule has 0 spiro atoms. The summed E-state index contributed by atoms with van der Waals surface area (Å²) in [6, 6.07) is 11.7. The lowest BCUT2D eigenvalue weighted by atomic mass is 9.95. The zero-order valence-electron chi connectivity index (χ0n) is 14.6. The molecular weight excluding hydrogens is 312 g/mol. The van der Waals surface area contributed by atoms with Gasteiger partial charge in [-0.15, -0.1) is 0 Å². The van der Waals surface area contributed by atoms with Crippen LogP contribution in [-0.4, -0.2) is 16.9 Å². The molecule has 1 aliphatic rings. The van der Waals surface area contributed by atoms with E-state index in [4.69, 9.17) is 4.74 Å². The minimum atomic E-state index is 0.0302. The second kappa shape index (κ2) is 8.47. The predicted octanol–water partition coefficient (Wildman–Crippen LogP) is 4.73. The van der Waals surface area contributed by atoms with E-state index in [9.17, 15) is 4.79 Å². The van der Waals surface area contributed by atoms with Gasteiger partial charge in [-0.05, 0) is 55.7 Å². The summed E-state index contributed by atoms with van der Waals surface area (Å²) in [5, 5.41) is 3.14. The molecule has 1 aliphatic carbocycles. The van der Waals surface area contributed by atoms with E-state index in [1.54, 1.807) is 12.4 Å². The van der Waals surface area contributed by atoms with Crippen molar-refractivity contribution in [2.24, 2.45) is 0 Å². The van der Waals surface area contributed by atoms with Crippen LogP contribution in [0, 0.1) is 0 Å². The first-order valence-electron chi connectivity index (χ1n) is 8.88. The van der Waals surface area contributed by atoms with Gasteiger partial charge in [-0.1, -0.05) is 31.4 Å². The summed E-state index contributed by atoms with van der Waals surface area (Å²) >= 11 is 0. The molecule has 0 saturated heterocycles. The van der Waals surface area contributed by atoms with Crippen LogP contribution >= 0.6 is 0 Å². The fraction of sp³-hybridized carbons (Fsp3) is 0.333. The van der Waals surface area contributed by atoms with Crippen molar-refractivity contribution in [3.63, 3.8) is 0 Å². The van der Waals surface area contributed by atoms with Gasteiger partial charge in [-0.3, -0.25) is 9.78 Å². The highest BCUT2D eigenvalue weighted by atomic mass is 16.5. The van der Waals surface area contributed by atoms with Crippen molar-refractivity contribution < 1.29 is 9.53 Å². The van der Waals surface area contributed by atoms with E-state index in [1.807, 2.05) is 49.4 Å². The Bertz CT molecular complexity index is 717. The molecule has 1 saturated carbocycles. The summed E-state index contributed by atoms with van der Waals surface area (Å²) < 4.78 is 5.72. The van der Waals surface area contributed by atoms with Gasteiger partial charge in [0.1, 0.15) is 11.5 Å². The van der Waals surface area contributed by atoms with Crippen LogP contribution in [0.25, 0.3) is 6.08 Å². The standard InChI is InChI=1S/C21H24N2O2/c1-16(21(24)23-18-6-3-2-4-7-18)14-17-9-11-19(12-10-17)25-20-8-5-13-22-15-20/h5,8-15,18H,2-4,6-7H2,1H3,(H,23,24)/b16-14+. The molecule has 0 radical (unpaired) electrons. The van der Waals surface area contributed by atoms with E-state index in [0.717, 1.165) is 29.7 Å². The molecular formula is C21H24N2O2. The summed E-state index contributed by atoms with van der Waals surface area (Å²) in [7, 11) is 0. The van der Waals surface area contributed by atoms with Gasteiger partial charge in [0, 0.05) is 17.8 Å². The molecule has 1 heterocycles. The third-order valence-electron chi connectivity index (χ3n) is 4.43. The molecule has 2 aromatic rings. The zero-order valence-corrected chi connectivity index (χ0v) is 14.6. The topological polar surface area (TPSA) is 51.2 Å². The van der Waals surface area contributed by atoms with E-state index in [2.05, 4.69) is 10.3 Å². The Kier molecular flexibility index (Phi) is 5.83. The van der Waals surface area contributed by atoms with Gasteiger partial charge in [0.15, 0.2) is 0 Å². The highest BCUT2D eigenvalue weighted by Crippen LogP contribution is 2.21. The Hall–Kier alpha value is -2.62. The minimum absolute atomic E-state index is 0.0302. The Balaban J connectivity index is 1.59. The van der Waals surface area contributed by atoms with Crippen LogP contribution in [0.1, 0.15) is 44.6 Å². The average Bonchev–Trinajstić information content (AvgIpc) is 2.65. The van der Waals surface area contributed by atoms with Crippen LogP contribution in [0.5, 0.6) is 11.5 Å². The van der Waals surface area contributed by atoms with E-state index < -0.39 is 0 Å². The van der Waals surface area contributed by atoms with Gasteiger partial charge in [-0.2, -0.15) is 0 Å². The van der Waals surface area contributed by atoms with Gasteiger partial charge in [0.2, 0.25) is 5.91 Å². The third kappa shape index (κ3) is 5.18. The first-order chi connectivity index (χ1) is 12.2. The van der Waals surface area contributed by atoms with Crippen molar-refractivity contribution in [1.82, 2.24) is 10.3 Å². The number of hydrogen-bond acceptors (Lipinski definition) is 3. The van der Waals surface area contributed by atoms with Crippen LogP contribution in [0.15, 0.2) is 54.4 Å². The fourth-order valence-corrected chi connectivity index (χ4v) is 3.04. The van der Waals surface area contributed by atoms with Crippen LogP contribution in [0.4, 0.5) is 0 Å². The lowest BCUT2D eigenvalue weighted by molar-refractivity contribution is -0.118. The summed E-state index contributed by atoms with van der Waals surface area (Å²) in [5.41, 5.74) is 1.71. The van der Waals surface area contributed by atoms with Crippen molar-refractivity contribution in [3.8, 4) is 11.5 Å². The number of benzene rings is 1. The smallest absolute Gasteiger partial charge is 0.247 e. The predicted molar refractivity (Wildman–Crippen MR) is 99.4 cm³/mol. The number of nitrogens with one attached hydrogen (secondary N) is 1. The van der Waals surface area contributed by atoms with Gasteiger partial charge >= 0.3 is 0 Å². The molecule has 0 atom stereocenters. The SMILES string of the molecule is C/C(=C\c1ccc(Oc2cccnc2)cc1)C(=O)NC1CCCCC1. The lowest BCUT2D eigenvalue weighted by Crippen LogP contribution is -2.36. The summed E-state index contributed by atoms with van der Waals surface area (Å²) in [6.07, 6.45) is 11.2. The molecule has 1 aromatic heterocycles. The van der Waals surface area contributed by atoms with E-state index in [1.165, 1.54) is 19.3 Å². The first-order valence-corrected chi connectivity index (χ1v) is 8.88. The first kappa shape index (κ1) is 17.2. The molecule has 3 rings (SSSR count). The van der Waals surface area contributed by atoms with Gasteiger partial charge in [-0.25, -0.2) is 0 Å². The molecule has 1 aromatic carbocycles. The minimum Gasteiger partial charge on any atom is -0.456 e. The molecule has 0 unspecified atom stereocenters. The highest BCUT2D eigenvalue weighted by Gasteiger charge is 2.16. The largest absolute Gasteiger partial charge is 0.456 e. The molecule has 130 valence electrons. The number of carbonyl (C=O) groups excluding carboxylic acids is 1. The Morgan fingerprint density at radius 3 is 2.56 bits per heavy atom. The fourth-order valence-electron chi connectivity index (χ4n) is 3.04. The number of rotatable bonds is 5. The quantitative estimate of drug-likeness (QED) is 0.803. The summed E-state index contributed by atoms with van der Waals surface area (Å²) in [6.45, 7) is 1.86. The number of carbonyl (C=O) groups is 1.